The lowest BCUT2D eigenvalue weighted by Crippen LogP contribution is -2.30. The highest BCUT2D eigenvalue weighted by Gasteiger charge is 2.12. The maximum atomic E-state index is 12.7. The molecular weight excluding hydrogens is 338 g/mol. The Labute approximate surface area is 156 Å². The second kappa shape index (κ2) is 7.41. The third kappa shape index (κ3) is 3.44. The SMILES string of the molecule is O=C(Cn1c2ccccc2c(=O)c2ccccc21)NCCc1ccccn1. The van der Waals surface area contributed by atoms with Gasteiger partial charge < -0.3 is 9.88 Å². The van der Waals surface area contributed by atoms with E-state index in [0.29, 0.717) is 23.7 Å². The van der Waals surface area contributed by atoms with Crippen molar-refractivity contribution in [3.63, 3.8) is 0 Å². The quantitative estimate of drug-likeness (QED) is 0.559. The number of carbonyl (C=O) groups excluding carboxylic acids is 1. The molecule has 1 N–H and O–H groups in total. The van der Waals surface area contributed by atoms with Gasteiger partial charge in [0.15, 0.2) is 5.43 Å². The Kier molecular flexibility index (Phi) is 4.66. The zero-order valence-corrected chi connectivity index (χ0v) is 14.8. The summed E-state index contributed by atoms with van der Waals surface area (Å²) in [5.41, 5.74) is 2.47. The number of nitrogens with zero attached hydrogens (tertiary/aromatic N) is 2. The Morgan fingerprint density at radius 3 is 2.15 bits per heavy atom. The molecule has 0 aliphatic carbocycles. The largest absolute Gasteiger partial charge is 0.354 e. The molecule has 5 nitrogen and oxygen atoms in total. The first kappa shape index (κ1) is 17.0. The third-order valence-corrected chi connectivity index (χ3v) is 4.61. The number of nitrogens with one attached hydrogen (secondary N) is 1. The highest BCUT2D eigenvalue weighted by molar-refractivity contribution is 5.94. The zero-order valence-electron chi connectivity index (χ0n) is 14.8. The number of pyridine rings is 2. The van der Waals surface area contributed by atoms with E-state index in [9.17, 15) is 9.59 Å². The highest BCUT2D eigenvalue weighted by Crippen LogP contribution is 2.18. The Morgan fingerprint density at radius 2 is 1.52 bits per heavy atom. The van der Waals surface area contributed by atoms with Gasteiger partial charge in [-0.2, -0.15) is 0 Å². The van der Waals surface area contributed by atoms with E-state index in [1.165, 1.54) is 0 Å². The Hall–Kier alpha value is -3.47. The number of carbonyl (C=O) groups is 1. The molecule has 2 aromatic carbocycles. The van der Waals surface area contributed by atoms with Crippen LogP contribution >= 0.6 is 0 Å². The van der Waals surface area contributed by atoms with Gasteiger partial charge in [0.05, 0.1) is 11.0 Å². The predicted octanol–water partition coefficient (Wildman–Crippen LogP) is 2.91. The highest BCUT2D eigenvalue weighted by atomic mass is 16.2. The van der Waals surface area contributed by atoms with Crippen LogP contribution in [0.4, 0.5) is 0 Å². The second-order valence-corrected chi connectivity index (χ2v) is 6.37. The molecule has 2 aromatic heterocycles. The number of aromatic nitrogens is 2. The van der Waals surface area contributed by atoms with Crippen LogP contribution in [0.1, 0.15) is 5.69 Å². The predicted molar refractivity (Wildman–Crippen MR) is 107 cm³/mol. The van der Waals surface area contributed by atoms with Crippen molar-refractivity contribution in [2.75, 3.05) is 6.54 Å². The summed E-state index contributed by atoms with van der Waals surface area (Å²) >= 11 is 0. The van der Waals surface area contributed by atoms with Crippen molar-refractivity contribution in [1.82, 2.24) is 14.9 Å². The molecular formula is C22H19N3O2. The van der Waals surface area contributed by atoms with Gasteiger partial charge in [0, 0.05) is 35.6 Å². The van der Waals surface area contributed by atoms with Gasteiger partial charge in [-0.15, -0.1) is 0 Å². The standard InChI is InChI=1S/C22H19N3O2/c26-21(24-14-12-16-7-5-6-13-23-16)15-25-19-10-3-1-8-17(19)22(27)18-9-2-4-11-20(18)25/h1-11,13H,12,14-15H2,(H,24,26). The van der Waals surface area contributed by atoms with Gasteiger partial charge in [0.25, 0.3) is 0 Å². The van der Waals surface area contributed by atoms with Crippen LogP contribution < -0.4 is 10.7 Å². The molecule has 27 heavy (non-hydrogen) atoms. The fourth-order valence-electron chi connectivity index (χ4n) is 3.32. The zero-order chi connectivity index (χ0) is 18.6. The Morgan fingerprint density at radius 1 is 0.889 bits per heavy atom. The van der Waals surface area contributed by atoms with E-state index >= 15 is 0 Å². The molecule has 4 rings (SSSR count). The summed E-state index contributed by atoms with van der Waals surface area (Å²) in [4.78, 5) is 29.5. The number of hydrogen-bond donors (Lipinski definition) is 1. The van der Waals surface area contributed by atoms with Crippen LogP contribution in [-0.4, -0.2) is 22.0 Å². The van der Waals surface area contributed by atoms with Crippen molar-refractivity contribution >= 4 is 27.7 Å². The number of rotatable bonds is 5. The minimum atomic E-state index is -0.0927. The molecule has 4 aromatic rings. The summed E-state index contributed by atoms with van der Waals surface area (Å²) in [6.07, 6.45) is 2.42. The second-order valence-electron chi connectivity index (χ2n) is 6.37. The van der Waals surface area contributed by atoms with Crippen molar-refractivity contribution < 1.29 is 4.79 Å². The topological polar surface area (TPSA) is 64.0 Å². The average molecular weight is 357 g/mol. The van der Waals surface area contributed by atoms with E-state index in [-0.39, 0.29) is 17.9 Å². The number of hydrogen-bond acceptors (Lipinski definition) is 3. The average Bonchev–Trinajstić information content (AvgIpc) is 2.72. The van der Waals surface area contributed by atoms with E-state index in [1.54, 1.807) is 18.3 Å². The summed E-state index contributed by atoms with van der Waals surface area (Å²) in [5, 5.41) is 4.19. The third-order valence-electron chi connectivity index (χ3n) is 4.61. The van der Waals surface area contributed by atoms with Crippen LogP contribution in [0.3, 0.4) is 0 Å². The van der Waals surface area contributed by atoms with Crippen LogP contribution in [0.25, 0.3) is 21.8 Å². The molecule has 0 spiro atoms. The lowest BCUT2D eigenvalue weighted by molar-refractivity contribution is -0.121. The smallest absolute Gasteiger partial charge is 0.239 e. The lowest BCUT2D eigenvalue weighted by Gasteiger charge is -2.15. The van der Waals surface area contributed by atoms with E-state index < -0.39 is 0 Å². The summed E-state index contributed by atoms with van der Waals surface area (Å²) in [7, 11) is 0. The van der Waals surface area contributed by atoms with Gasteiger partial charge in [-0.1, -0.05) is 30.3 Å². The molecule has 0 saturated carbocycles. The fraction of sp³-hybridized carbons (Fsp3) is 0.136. The Balaban J connectivity index is 1.61. The molecule has 0 bridgehead atoms. The first-order valence-corrected chi connectivity index (χ1v) is 8.91. The molecule has 5 heteroatoms. The summed E-state index contributed by atoms with van der Waals surface area (Å²) in [6, 6.07) is 20.6. The van der Waals surface area contributed by atoms with Crippen molar-refractivity contribution in [2.45, 2.75) is 13.0 Å². The normalized spacial score (nSPS) is 11.0. The molecule has 0 radical (unpaired) electrons. The van der Waals surface area contributed by atoms with Crippen LogP contribution in [0, 0.1) is 0 Å². The minimum absolute atomic E-state index is 0.00647. The van der Waals surface area contributed by atoms with Crippen molar-refractivity contribution in [3.8, 4) is 0 Å². The van der Waals surface area contributed by atoms with E-state index in [2.05, 4.69) is 10.3 Å². The first-order chi connectivity index (χ1) is 13.2. The Bertz CT molecular complexity index is 1110. The van der Waals surface area contributed by atoms with E-state index in [4.69, 9.17) is 0 Å². The molecule has 0 aliphatic heterocycles. The summed E-state index contributed by atoms with van der Waals surface area (Å²) < 4.78 is 1.90. The van der Waals surface area contributed by atoms with Gasteiger partial charge in [0.2, 0.25) is 5.91 Å². The van der Waals surface area contributed by atoms with Gasteiger partial charge in [-0.05, 0) is 36.4 Å². The van der Waals surface area contributed by atoms with Gasteiger partial charge in [-0.3, -0.25) is 14.6 Å². The first-order valence-electron chi connectivity index (χ1n) is 8.91. The van der Waals surface area contributed by atoms with Gasteiger partial charge in [0.1, 0.15) is 6.54 Å². The van der Waals surface area contributed by atoms with E-state index in [0.717, 1.165) is 16.7 Å². The molecule has 2 heterocycles. The number of para-hydroxylation sites is 2. The summed E-state index contributed by atoms with van der Waals surface area (Å²) in [5.74, 6) is -0.0927. The van der Waals surface area contributed by atoms with Crippen LogP contribution in [0.2, 0.25) is 0 Å². The molecule has 134 valence electrons. The fourth-order valence-corrected chi connectivity index (χ4v) is 3.32. The number of benzene rings is 2. The van der Waals surface area contributed by atoms with Crippen LogP contribution in [0.15, 0.2) is 77.7 Å². The minimum Gasteiger partial charge on any atom is -0.354 e. The lowest BCUT2D eigenvalue weighted by atomic mass is 10.1. The molecule has 0 atom stereocenters. The molecule has 0 fully saturated rings. The van der Waals surface area contributed by atoms with Crippen molar-refractivity contribution in [1.29, 1.82) is 0 Å². The molecule has 1 amide bonds. The maximum Gasteiger partial charge on any atom is 0.239 e. The van der Waals surface area contributed by atoms with E-state index in [1.807, 2.05) is 59.2 Å². The maximum absolute atomic E-state index is 12.7. The van der Waals surface area contributed by atoms with Gasteiger partial charge >= 0.3 is 0 Å². The number of amides is 1. The molecule has 0 unspecified atom stereocenters. The van der Waals surface area contributed by atoms with Crippen molar-refractivity contribution in [2.24, 2.45) is 0 Å². The number of fused-ring (bicyclic) bond motifs is 2. The molecule has 0 aliphatic rings. The van der Waals surface area contributed by atoms with Crippen molar-refractivity contribution in [3.05, 3.63) is 88.8 Å². The molecule has 0 saturated heterocycles. The van der Waals surface area contributed by atoms with Gasteiger partial charge in [-0.25, -0.2) is 0 Å². The monoisotopic (exact) mass is 357 g/mol. The van der Waals surface area contributed by atoms with Crippen LogP contribution in [-0.2, 0) is 17.8 Å². The summed E-state index contributed by atoms with van der Waals surface area (Å²) in [6.45, 7) is 0.676. The van der Waals surface area contributed by atoms with Crippen LogP contribution in [0.5, 0.6) is 0 Å².